The number of hydrogen-bond acceptors (Lipinski definition) is 3. The predicted molar refractivity (Wildman–Crippen MR) is 61.0 cm³/mol. The monoisotopic (exact) mass is 231 g/mol. The van der Waals surface area contributed by atoms with Gasteiger partial charge in [-0.25, -0.2) is 0 Å². The van der Waals surface area contributed by atoms with Crippen molar-refractivity contribution in [2.75, 3.05) is 0 Å². The van der Waals surface area contributed by atoms with Gasteiger partial charge in [0.1, 0.15) is 5.78 Å². The van der Waals surface area contributed by atoms with Crippen LogP contribution in [0.2, 0.25) is 0 Å². The zero-order valence-electron chi connectivity index (χ0n) is 9.59. The molecule has 0 saturated heterocycles. The smallest absolute Gasteiger partial charge is 0.133 e. The average molecular weight is 231 g/mol. The Morgan fingerprint density at radius 3 is 2.65 bits per heavy atom. The molecule has 1 aromatic carbocycles. The van der Waals surface area contributed by atoms with E-state index in [0.29, 0.717) is 25.7 Å². The largest absolute Gasteiger partial charge is 0.550 e. The van der Waals surface area contributed by atoms with Gasteiger partial charge in [0, 0.05) is 24.7 Å². The third kappa shape index (κ3) is 2.93. The highest BCUT2D eigenvalue weighted by molar-refractivity contribution is 5.82. The van der Waals surface area contributed by atoms with Crippen molar-refractivity contribution in [2.24, 2.45) is 11.8 Å². The highest BCUT2D eigenvalue weighted by atomic mass is 16.4. The molecule has 0 heterocycles. The van der Waals surface area contributed by atoms with Gasteiger partial charge in [0.25, 0.3) is 0 Å². The molecule has 0 spiro atoms. The van der Waals surface area contributed by atoms with Gasteiger partial charge in [-0.05, 0) is 24.3 Å². The minimum atomic E-state index is -1.02. The molecule has 0 amide bonds. The lowest BCUT2D eigenvalue weighted by Gasteiger charge is -2.31. The number of carboxylic acid groups (broad SMARTS) is 1. The van der Waals surface area contributed by atoms with E-state index in [-0.39, 0.29) is 11.7 Å². The summed E-state index contributed by atoms with van der Waals surface area (Å²) < 4.78 is 0. The van der Waals surface area contributed by atoms with Crippen LogP contribution in [0.1, 0.15) is 24.8 Å². The second kappa shape index (κ2) is 5.13. The summed E-state index contributed by atoms with van der Waals surface area (Å²) in [5, 5.41) is 11.0. The average Bonchev–Trinajstić information content (AvgIpc) is 2.30. The summed E-state index contributed by atoms with van der Waals surface area (Å²) in [4.78, 5) is 22.5. The Hall–Kier alpha value is -1.64. The topological polar surface area (TPSA) is 57.2 Å². The summed E-state index contributed by atoms with van der Waals surface area (Å²) in [7, 11) is 0. The second-order valence-corrected chi connectivity index (χ2v) is 4.66. The Morgan fingerprint density at radius 2 is 2.00 bits per heavy atom. The molecule has 0 unspecified atom stereocenters. The van der Waals surface area contributed by atoms with Crippen LogP contribution in [-0.4, -0.2) is 11.8 Å². The van der Waals surface area contributed by atoms with Gasteiger partial charge < -0.3 is 9.90 Å². The molecular weight excluding hydrogens is 216 g/mol. The molecule has 2 atom stereocenters. The van der Waals surface area contributed by atoms with Crippen LogP contribution in [0.5, 0.6) is 0 Å². The van der Waals surface area contributed by atoms with E-state index in [0.717, 1.165) is 5.56 Å². The predicted octanol–water partition coefficient (Wildman–Crippen LogP) is 0.964. The number of ketones is 1. The SMILES string of the molecule is O=C1CC[C@H](C(=O)[O-])[C@H](Cc2ccccc2)C1. The summed E-state index contributed by atoms with van der Waals surface area (Å²) >= 11 is 0. The van der Waals surface area contributed by atoms with E-state index in [9.17, 15) is 14.7 Å². The van der Waals surface area contributed by atoms with Crippen molar-refractivity contribution in [2.45, 2.75) is 25.7 Å². The van der Waals surface area contributed by atoms with E-state index in [2.05, 4.69) is 0 Å². The van der Waals surface area contributed by atoms with Crippen molar-refractivity contribution >= 4 is 11.8 Å². The first-order valence-corrected chi connectivity index (χ1v) is 5.93. The first-order valence-electron chi connectivity index (χ1n) is 5.93. The van der Waals surface area contributed by atoms with Crippen molar-refractivity contribution in [3.63, 3.8) is 0 Å². The molecule has 90 valence electrons. The molecule has 2 rings (SSSR count). The first-order chi connectivity index (χ1) is 8.16. The molecule has 3 heteroatoms. The second-order valence-electron chi connectivity index (χ2n) is 4.66. The van der Waals surface area contributed by atoms with Crippen LogP contribution < -0.4 is 5.11 Å². The number of carbonyl (C=O) groups excluding carboxylic acids is 2. The number of benzene rings is 1. The van der Waals surface area contributed by atoms with Gasteiger partial charge >= 0.3 is 0 Å². The quantitative estimate of drug-likeness (QED) is 0.778. The van der Waals surface area contributed by atoms with E-state index in [1.54, 1.807) is 0 Å². The maximum atomic E-state index is 11.4. The molecule has 3 nitrogen and oxygen atoms in total. The molecule has 1 aliphatic carbocycles. The molecule has 0 aliphatic heterocycles. The lowest BCUT2D eigenvalue weighted by Crippen LogP contribution is -2.40. The summed E-state index contributed by atoms with van der Waals surface area (Å²) in [6.07, 6.45) is 1.82. The van der Waals surface area contributed by atoms with Gasteiger partial charge in [-0.2, -0.15) is 0 Å². The fourth-order valence-electron chi connectivity index (χ4n) is 2.53. The summed E-state index contributed by atoms with van der Waals surface area (Å²) in [5.74, 6) is -1.43. The van der Waals surface area contributed by atoms with Crippen molar-refractivity contribution in [1.29, 1.82) is 0 Å². The van der Waals surface area contributed by atoms with Crippen LogP contribution in [0.15, 0.2) is 30.3 Å². The van der Waals surface area contributed by atoms with Gasteiger partial charge in [-0.1, -0.05) is 30.3 Å². The standard InChI is InChI=1S/C14H16O3/c15-12-6-7-13(14(16)17)11(9-12)8-10-4-2-1-3-5-10/h1-5,11,13H,6-9H2,(H,16,17)/p-1/t11-,13+/m1/s1. The van der Waals surface area contributed by atoms with Crippen LogP contribution in [0.25, 0.3) is 0 Å². The summed E-state index contributed by atoms with van der Waals surface area (Å²) in [6.45, 7) is 0. The molecule has 17 heavy (non-hydrogen) atoms. The van der Waals surface area contributed by atoms with Crippen molar-refractivity contribution in [1.82, 2.24) is 0 Å². The Bertz CT molecular complexity index is 411. The van der Waals surface area contributed by atoms with Gasteiger partial charge in [0.15, 0.2) is 0 Å². The van der Waals surface area contributed by atoms with Crippen LogP contribution in [0.3, 0.4) is 0 Å². The number of rotatable bonds is 3. The lowest BCUT2D eigenvalue weighted by molar-refractivity contribution is -0.313. The van der Waals surface area contributed by atoms with Gasteiger partial charge in [-0.3, -0.25) is 4.79 Å². The normalized spacial score (nSPS) is 24.6. The van der Waals surface area contributed by atoms with Crippen molar-refractivity contribution < 1.29 is 14.7 Å². The van der Waals surface area contributed by atoms with Gasteiger partial charge in [-0.15, -0.1) is 0 Å². The molecule has 0 N–H and O–H groups in total. The number of carbonyl (C=O) groups is 2. The van der Waals surface area contributed by atoms with Crippen molar-refractivity contribution in [3.8, 4) is 0 Å². The Kier molecular flexibility index (Phi) is 3.57. The van der Waals surface area contributed by atoms with E-state index in [1.807, 2.05) is 30.3 Å². The number of carboxylic acids is 1. The van der Waals surface area contributed by atoms with E-state index >= 15 is 0 Å². The van der Waals surface area contributed by atoms with Crippen LogP contribution >= 0.6 is 0 Å². The minimum absolute atomic E-state index is 0.108. The van der Waals surface area contributed by atoms with Crippen LogP contribution in [-0.2, 0) is 16.0 Å². The molecule has 1 fully saturated rings. The maximum Gasteiger partial charge on any atom is 0.133 e. The molecule has 0 radical (unpaired) electrons. The third-order valence-corrected chi connectivity index (χ3v) is 3.44. The molecule has 1 aromatic rings. The van der Waals surface area contributed by atoms with Gasteiger partial charge in [0.2, 0.25) is 0 Å². The molecule has 1 saturated carbocycles. The van der Waals surface area contributed by atoms with Crippen LogP contribution in [0.4, 0.5) is 0 Å². The first kappa shape index (κ1) is 11.8. The molecule has 0 aromatic heterocycles. The molecular formula is C14H15O3-. The highest BCUT2D eigenvalue weighted by Crippen LogP contribution is 2.30. The van der Waals surface area contributed by atoms with Crippen LogP contribution in [0, 0.1) is 11.8 Å². The number of aliphatic carboxylic acids is 1. The van der Waals surface area contributed by atoms with E-state index < -0.39 is 11.9 Å². The summed E-state index contributed by atoms with van der Waals surface area (Å²) in [5.41, 5.74) is 1.08. The Morgan fingerprint density at radius 1 is 1.29 bits per heavy atom. The fraction of sp³-hybridized carbons (Fsp3) is 0.429. The number of hydrogen-bond donors (Lipinski definition) is 0. The molecule has 1 aliphatic rings. The van der Waals surface area contributed by atoms with E-state index in [1.165, 1.54) is 0 Å². The van der Waals surface area contributed by atoms with Gasteiger partial charge in [0.05, 0.1) is 0 Å². The highest BCUT2D eigenvalue weighted by Gasteiger charge is 2.30. The van der Waals surface area contributed by atoms with Crippen molar-refractivity contribution in [3.05, 3.63) is 35.9 Å². The Balaban J connectivity index is 2.10. The molecule has 0 bridgehead atoms. The van der Waals surface area contributed by atoms with E-state index in [4.69, 9.17) is 0 Å². The lowest BCUT2D eigenvalue weighted by atomic mass is 9.75. The zero-order chi connectivity index (χ0) is 12.3. The fourth-order valence-corrected chi connectivity index (χ4v) is 2.53. The minimum Gasteiger partial charge on any atom is -0.550 e. The zero-order valence-corrected chi connectivity index (χ0v) is 9.59. The third-order valence-electron chi connectivity index (χ3n) is 3.44. The maximum absolute atomic E-state index is 11.4. The number of Topliss-reactive ketones (excluding diaryl/α,β-unsaturated/α-hetero) is 1. The Labute approximate surface area is 100 Å². The summed E-state index contributed by atoms with van der Waals surface area (Å²) in [6, 6.07) is 9.70.